The fraction of sp³-hybridized carbons (Fsp3) is 0.111. The largest absolute Gasteiger partial charge is 0.504 e. The first-order valence-electron chi connectivity index (χ1n) is 10.7. The molecule has 1 aliphatic rings. The summed E-state index contributed by atoms with van der Waals surface area (Å²) in [5.74, 6) is -2.84. The molecule has 1 heterocycles. The zero-order valence-electron chi connectivity index (χ0n) is 18.9. The number of amides is 1. The molecule has 0 saturated carbocycles. The number of halogens is 3. The number of aromatic hydroxyl groups is 1. The van der Waals surface area contributed by atoms with Crippen molar-refractivity contribution >= 4 is 23.5 Å². The van der Waals surface area contributed by atoms with Crippen molar-refractivity contribution in [1.82, 2.24) is 0 Å². The topological polar surface area (TPSA) is 87.1 Å². The van der Waals surface area contributed by atoms with Gasteiger partial charge in [0.1, 0.15) is 0 Å². The highest BCUT2D eigenvalue weighted by molar-refractivity contribution is 6.19. The molecule has 9 heteroatoms. The number of anilines is 1. The Bertz CT molecular complexity index is 1380. The lowest BCUT2D eigenvalue weighted by atomic mass is 9.94. The number of phenolic OH excluding ortho intramolecular Hbond substituents is 1. The van der Waals surface area contributed by atoms with E-state index < -0.39 is 35.2 Å². The number of ketones is 1. The van der Waals surface area contributed by atoms with Crippen molar-refractivity contribution in [2.45, 2.75) is 12.2 Å². The standard InChI is InChI=1S/C27H20F3NO5/c1-36-22-14-17(11-13-20(22)32)24-23(21(33)12-10-16-6-3-2-4-7-16)25(34)26(35)31(24)19-9-5-8-18(15-19)27(28,29)30/h2-15,24,32,34H,1H3/b12-10+. The highest BCUT2D eigenvalue weighted by Gasteiger charge is 2.44. The van der Waals surface area contributed by atoms with E-state index in [1.807, 2.05) is 0 Å². The summed E-state index contributed by atoms with van der Waals surface area (Å²) in [4.78, 5) is 27.3. The van der Waals surface area contributed by atoms with Crippen LogP contribution in [0.5, 0.6) is 11.5 Å². The third-order valence-corrected chi connectivity index (χ3v) is 5.67. The average Bonchev–Trinajstić information content (AvgIpc) is 3.13. The molecule has 0 bridgehead atoms. The summed E-state index contributed by atoms with van der Waals surface area (Å²) < 4.78 is 45.3. The first kappa shape index (κ1) is 24.6. The smallest absolute Gasteiger partial charge is 0.416 e. The zero-order chi connectivity index (χ0) is 26.0. The van der Waals surface area contributed by atoms with Gasteiger partial charge < -0.3 is 14.9 Å². The Labute approximate surface area is 204 Å². The van der Waals surface area contributed by atoms with E-state index in [-0.39, 0.29) is 28.3 Å². The van der Waals surface area contributed by atoms with Crippen LogP contribution in [0.1, 0.15) is 22.7 Å². The number of hydrogen-bond donors (Lipinski definition) is 2. The minimum absolute atomic E-state index is 0.0157. The number of hydrogen-bond acceptors (Lipinski definition) is 5. The molecule has 0 fully saturated rings. The van der Waals surface area contributed by atoms with Gasteiger partial charge in [0, 0.05) is 5.69 Å². The molecular weight excluding hydrogens is 475 g/mol. The number of phenols is 1. The van der Waals surface area contributed by atoms with E-state index >= 15 is 0 Å². The van der Waals surface area contributed by atoms with E-state index in [9.17, 15) is 33.0 Å². The summed E-state index contributed by atoms with van der Waals surface area (Å²) in [5, 5.41) is 20.7. The second-order valence-electron chi connectivity index (χ2n) is 7.93. The maximum absolute atomic E-state index is 13.4. The van der Waals surface area contributed by atoms with Crippen LogP contribution in [0.4, 0.5) is 18.9 Å². The first-order chi connectivity index (χ1) is 17.1. The molecule has 0 aromatic heterocycles. The Morgan fingerprint density at radius 1 is 1.00 bits per heavy atom. The Morgan fingerprint density at radius 2 is 1.72 bits per heavy atom. The minimum Gasteiger partial charge on any atom is -0.504 e. The summed E-state index contributed by atoms with van der Waals surface area (Å²) in [6, 6.07) is 15.6. The molecule has 36 heavy (non-hydrogen) atoms. The van der Waals surface area contributed by atoms with Gasteiger partial charge in [0.15, 0.2) is 23.0 Å². The molecule has 3 aromatic carbocycles. The third-order valence-electron chi connectivity index (χ3n) is 5.67. The average molecular weight is 495 g/mol. The van der Waals surface area contributed by atoms with E-state index in [1.54, 1.807) is 30.3 Å². The molecular formula is C27H20F3NO5. The SMILES string of the molecule is COc1cc(C2C(C(=O)/C=C/c3ccccc3)=C(O)C(=O)N2c2cccc(C(F)(F)F)c2)ccc1O. The van der Waals surface area contributed by atoms with Gasteiger partial charge in [-0.15, -0.1) is 0 Å². The lowest BCUT2D eigenvalue weighted by Crippen LogP contribution is -2.31. The van der Waals surface area contributed by atoms with Crippen LogP contribution in [-0.2, 0) is 15.8 Å². The first-order valence-corrected chi connectivity index (χ1v) is 10.7. The van der Waals surface area contributed by atoms with Crippen LogP contribution < -0.4 is 9.64 Å². The maximum Gasteiger partial charge on any atom is 0.416 e. The quantitative estimate of drug-likeness (QED) is 0.435. The van der Waals surface area contributed by atoms with Gasteiger partial charge in [0.2, 0.25) is 0 Å². The number of aliphatic hydroxyl groups excluding tert-OH is 1. The lowest BCUT2D eigenvalue weighted by molar-refractivity contribution is -0.137. The van der Waals surface area contributed by atoms with Gasteiger partial charge in [-0.3, -0.25) is 14.5 Å². The van der Waals surface area contributed by atoms with E-state index in [2.05, 4.69) is 0 Å². The van der Waals surface area contributed by atoms with Gasteiger partial charge in [0.25, 0.3) is 5.91 Å². The van der Waals surface area contributed by atoms with Crippen molar-refractivity contribution in [3.8, 4) is 11.5 Å². The van der Waals surface area contributed by atoms with Gasteiger partial charge in [-0.1, -0.05) is 48.5 Å². The number of alkyl halides is 3. The fourth-order valence-electron chi connectivity index (χ4n) is 3.96. The lowest BCUT2D eigenvalue weighted by Gasteiger charge is -2.27. The maximum atomic E-state index is 13.4. The van der Waals surface area contributed by atoms with E-state index in [4.69, 9.17) is 4.74 Å². The summed E-state index contributed by atoms with van der Waals surface area (Å²) in [7, 11) is 1.30. The third kappa shape index (κ3) is 4.68. The molecule has 2 N–H and O–H groups in total. The number of nitrogens with zero attached hydrogens (tertiary/aromatic N) is 1. The van der Waals surface area contributed by atoms with Crippen molar-refractivity contribution in [1.29, 1.82) is 0 Å². The summed E-state index contributed by atoms with van der Waals surface area (Å²) in [6.07, 6.45) is -2.01. The van der Waals surface area contributed by atoms with Crippen molar-refractivity contribution in [3.63, 3.8) is 0 Å². The van der Waals surface area contributed by atoms with Crippen LogP contribution in [0.25, 0.3) is 6.08 Å². The van der Waals surface area contributed by atoms with Gasteiger partial charge in [-0.2, -0.15) is 13.2 Å². The number of ether oxygens (including phenoxy) is 1. The number of rotatable bonds is 6. The number of carbonyl (C=O) groups excluding carboxylic acids is 2. The van der Waals surface area contributed by atoms with Gasteiger partial charge >= 0.3 is 6.18 Å². The van der Waals surface area contributed by atoms with Crippen LogP contribution in [0, 0.1) is 0 Å². The molecule has 1 atom stereocenters. The molecule has 0 radical (unpaired) electrons. The van der Waals surface area contributed by atoms with Crippen LogP contribution >= 0.6 is 0 Å². The van der Waals surface area contributed by atoms with E-state index in [0.717, 1.165) is 23.1 Å². The number of aliphatic hydroxyl groups is 1. The normalized spacial score (nSPS) is 16.2. The highest BCUT2D eigenvalue weighted by atomic mass is 19.4. The van der Waals surface area contributed by atoms with Gasteiger partial charge in [0.05, 0.1) is 24.3 Å². The Hall–Kier alpha value is -4.53. The molecule has 1 amide bonds. The summed E-state index contributed by atoms with van der Waals surface area (Å²) in [6.45, 7) is 0. The van der Waals surface area contributed by atoms with Crippen molar-refractivity contribution in [2.75, 3.05) is 12.0 Å². The molecule has 1 unspecified atom stereocenters. The van der Waals surface area contributed by atoms with Gasteiger partial charge in [-0.25, -0.2) is 0 Å². The van der Waals surface area contributed by atoms with Gasteiger partial charge in [-0.05, 0) is 47.5 Å². The predicted molar refractivity (Wildman–Crippen MR) is 126 cm³/mol. The fourth-order valence-corrected chi connectivity index (χ4v) is 3.96. The van der Waals surface area contributed by atoms with E-state index in [1.165, 1.54) is 43.5 Å². The van der Waals surface area contributed by atoms with Crippen LogP contribution in [0.15, 0.2) is 90.2 Å². The second-order valence-corrected chi connectivity index (χ2v) is 7.93. The monoisotopic (exact) mass is 495 g/mol. The molecule has 0 spiro atoms. The predicted octanol–water partition coefficient (Wildman–Crippen LogP) is 5.60. The van der Waals surface area contributed by atoms with Crippen LogP contribution in [-0.4, -0.2) is 29.0 Å². The number of carbonyl (C=O) groups is 2. The minimum atomic E-state index is -4.68. The number of methoxy groups -OCH3 is 1. The van der Waals surface area contributed by atoms with Crippen molar-refractivity contribution in [3.05, 3.63) is 107 Å². The Morgan fingerprint density at radius 3 is 2.39 bits per heavy atom. The Kier molecular flexibility index (Phi) is 6.57. The van der Waals surface area contributed by atoms with Crippen molar-refractivity contribution in [2.24, 2.45) is 0 Å². The molecule has 184 valence electrons. The van der Waals surface area contributed by atoms with Crippen molar-refractivity contribution < 1.29 is 37.7 Å². The van der Waals surface area contributed by atoms with E-state index in [0.29, 0.717) is 5.56 Å². The second kappa shape index (κ2) is 9.61. The highest BCUT2D eigenvalue weighted by Crippen LogP contribution is 2.44. The summed E-state index contributed by atoms with van der Waals surface area (Å²) in [5.41, 5.74) is -0.576. The summed E-state index contributed by atoms with van der Waals surface area (Å²) >= 11 is 0. The molecule has 3 aromatic rings. The van der Waals surface area contributed by atoms with Crippen LogP contribution in [0.3, 0.4) is 0 Å². The number of benzene rings is 3. The zero-order valence-corrected chi connectivity index (χ0v) is 18.9. The Balaban J connectivity index is 1.85. The molecule has 0 saturated heterocycles. The number of allylic oxidation sites excluding steroid dienone is 1. The molecule has 1 aliphatic heterocycles. The van der Waals surface area contributed by atoms with Crippen LogP contribution in [0.2, 0.25) is 0 Å². The molecule has 4 rings (SSSR count). The molecule has 6 nitrogen and oxygen atoms in total. The molecule has 0 aliphatic carbocycles.